The Morgan fingerprint density at radius 2 is 1.53 bits per heavy atom. The zero-order valence-corrected chi connectivity index (χ0v) is 15.3. The number of allylic oxidation sites excluding steroid dienone is 1. The molecule has 1 aliphatic rings. The molecule has 2 aromatic carbocycles. The smallest absolute Gasteiger partial charge is 0.420 e. The molecular weight excluding hydrogens is 414 g/mol. The van der Waals surface area contributed by atoms with Crippen LogP contribution in [0.5, 0.6) is 17.2 Å². The van der Waals surface area contributed by atoms with Crippen molar-refractivity contribution in [1.82, 2.24) is 0 Å². The first-order valence-corrected chi connectivity index (χ1v) is 8.71. The second-order valence-corrected chi connectivity index (χ2v) is 6.59. The van der Waals surface area contributed by atoms with Gasteiger partial charge in [-0.2, -0.15) is 26.3 Å². The lowest BCUT2D eigenvalue weighted by Crippen LogP contribution is -2.33. The third-order valence-corrected chi connectivity index (χ3v) is 4.32. The number of benzene rings is 2. The summed E-state index contributed by atoms with van der Waals surface area (Å²) in [6, 6.07) is 8.26. The molecule has 1 aliphatic carbocycles. The highest BCUT2D eigenvalue weighted by Crippen LogP contribution is 2.40. The molecular formula is C20H16F6N2O2. The molecule has 0 saturated carbocycles. The summed E-state index contributed by atoms with van der Waals surface area (Å²) in [5.41, 5.74) is 3.20. The van der Waals surface area contributed by atoms with Gasteiger partial charge in [0.05, 0.1) is 5.57 Å². The summed E-state index contributed by atoms with van der Waals surface area (Å²) in [6.07, 6.45) is -9.71. The molecule has 3 N–H and O–H groups in total. The van der Waals surface area contributed by atoms with Crippen LogP contribution >= 0.6 is 0 Å². The normalized spacial score (nSPS) is 17.5. The largest absolute Gasteiger partial charge is 0.486 e. The van der Waals surface area contributed by atoms with Gasteiger partial charge in [0.15, 0.2) is 0 Å². The van der Waals surface area contributed by atoms with Gasteiger partial charge < -0.3 is 20.6 Å². The number of rotatable bonds is 4. The van der Waals surface area contributed by atoms with Gasteiger partial charge >= 0.3 is 12.4 Å². The Labute approximate surface area is 167 Å². The molecule has 160 valence electrons. The maximum absolute atomic E-state index is 13.2. The highest BCUT2D eigenvalue weighted by atomic mass is 19.4. The molecule has 0 radical (unpaired) electrons. The summed E-state index contributed by atoms with van der Waals surface area (Å²) >= 11 is 0. The first kappa shape index (κ1) is 21.5. The van der Waals surface area contributed by atoms with E-state index in [0.717, 1.165) is 18.2 Å². The zero-order valence-electron chi connectivity index (χ0n) is 15.3. The van der Waals surface area contributed by atoms with E-state index in [-0.39, 0.29) is 35.7 Å². The second-order valence-electron chi connectivity index (χ2n) is 6.59. The summed E-state index contributed by atoms with van der Waals surface area (Å²) in [5.74, 6) is -0.336. The third-order valence-electron chi connectivity index (χ3n) is 4.32. The molecule has 30 heavy (non-hydrogen) atoms. The standard InChI is InChI=1S/C20H16F6N2O2/c21-19(22,23)15-9-11(27)1-7-17(15)29-13-3-5-14(6-4-13)30-18-8-2-12(28)10-16(18)20(24,25)26/h1,3-7,9-10,18,28H,2,8,27H2. The van der Waals surface area contributed by atoms with Crippen molar-refractivity contribution >= 4 is 11.4 Å². The number of alkyl halides is 6. The van der Waals surface area contributed by atoms with Crippen molar-refractivity contribution in [2.45, 2.75) is 31.3 Å². The molecule has 3 rings (SSSR count). The number of nitrogen functional groups attached to an aromatic ring is 1. The van der Waals surface area contributed by atoms with Crippen LogP contribution < -0.4 is 15.2 Å². The maximum atomic E-state index is 13.2. The highest BCUT2D eigenvalue weighted by molar-refractivity contribution is 5.94. The Morgan fingerprint density at radius 1 is 0.900 bits per heavy atom. The fourth-order valence-corrected chi connectivity index (χ4v) is 2.92. The van der Waals surface area contributed by atoms with Gasteiger partial charge in [-0.05, 0) is 61.4 Å². The fourth-order valence-electron chi connectivity index (χ4n) is 2.92. The van der Waals surface area contributed by atoms with E-state index in [1.54, 1.807) is 0 Å². The monoisotopic (exact) mass is 430 g/mol. The fraction of sp³-hybridized carbons (Fsp3) is 0.250. The summed E-state index contributed by atoms with van der Waals surface area (Å²) < 4.78 is 89.6. The topological polar surface area (TPSA) is 68.3 Å². The van der Waals surface area contributed by atoms with Crippen molar-refractivity contribution in [1.29, 1.82) is 5.41 Å². The Bertz CT molecular complexity index is 965. The van der Waals surface area contributed by atoms with Gasteiger partial charge in [0.1, 0.15) is 28.9 Å². The van der Waals surface area contributed by atoms with Crippen LogP contribution in [0.15, 0.2) is 54.1 Å². The molecule has 1 atom stereocenters. The molecule has 0 aromatic heterocycles. The molecule has 0 aliphatic heterocycles. The van der Waals surface area contributed by atoms with Gasteiger partial charge in [0.25, 0.3) is 0 Å². The van der Waals surface area contributed by atoms with Crippen molar-refractivity contribution in [3.8, 4) is 17.2 Å². The van der Waals surface area contributed by atoms with Gasteiger partial charge in [-0.3, -0.25) is 0 Å². The molecule has 0 bridgehead atoms. The predicted octanol–water partition coefficient (Wildman–Crippen LogP) is 6.13. The first-order chi connectivity index (χ1) is 13.9. The number of hydrogen-bond acceptors (Lipinski definition) is 4. The Hall–Kier alpha value is -3.17. The summed E-state index contributed by atoms with van der Waals surface area (Å²) in [7, 11) is 0. The van der Waals surface area contributed by atoms with Crippen molar-refractivity contribution in [2.24, 2.45) is 0 Å². The van der Waals surface area contributed by atoms with Crippen LogP contribution in [-0.4, -0.2) is 18.0 Å². The summed E-state index contributed by atoms with van der Waals surface area (Å²) in [4.78, 5) is 0. The van der Waals surface area contributed by atoms with E-state index >= 15 is 0 Å². The van der Waals surface area contributed by atoms with Crippen LogP contribution in [0.1, 0.15) is 18.4 Å². The van der Waals surface area contributed by atoms with Gasteiger partial charge in [-0.1, -0.05) is 0 Å². The highest BCUT2D eigenvalue weighted by Gasteiger charge is 2.41. The van der Waals surface area contributed by atoms with Gasteiger partial charge in [-0.25, -0.2) is 0 Å². The van der Waals surface area contributed by atoms with Gasteiger partial charge in [-0.15, -0.1) is 0 Å². The number of nitrogens with one attached hydrogen (secondary N) is 1. The lowest BCUT2D eigenvalue weighted by Gasteiger charge is -2.27. The lowest BCUT2D eigenvalue weighted by molar-refractivity contribution is -0.138. The number of hydrogen-bond donors (Lipinski definition) is 2. The van der Waals surface area contributed by atoms with E-state index in [1.165, 1.54) is 30.3 Å². The minimum absolute atomic E-state index is 0.0111. The molecule has 2 aromatic rings. The quantitative estimate of drug-likeness (QED) is 0.453. The van der Waals surface area contributed by atoms with Crippen molar-refractivity contribution in [2.75, 3.05) is 5.73 Å². The van der Waals surface area contributed by atoms with E-state index in [0.29, 0.717) is 0 Å². The van der Waals surface area contributed by atoms with Crippen LogP contribution in [0.3, 0.4) is 0 Å². The molecule has 1 unspecified atom stereocenters. The Morgan fingerprint density at radius 3 is 2.13 bits per heavy atom. The molecule has 0 amide bonds. The van der Waals surface area contributed by atoms with Crippen LogP contribution in [0.4, 0.5) is 32.0 Å². The van der Waals surface area contributed by atoms with Crippen LogP contribution in [0.2, 0.25) is 0 Å². The summed E-state index contributed by atoms with van der Waals surface area (Å²) in [6.45, 7) is 0. The minimum atomic E-state index is -4.68. The number of ether oxygens (including phenoxy) is 2. The lowest BCUT2D eigenvalue weighted by atomic mass is 9.94. The van der Waals surface area contributed by atoms with E-state index in [1.807, 2.05) is 0 Å². The third kappa shape index (κ3) is 5.05. The van der Waals surface area contributed by atoms with Crippen molar-refractivity contribution < 1.29 is 35.8 Å². The SMILES string of the molecule is N=C1C=C(C(F)(F)F)C(Oc2ccc(Oc3ccc(N)cc3C(F)(F)F)cc2)CC1. The second kappa shape index (κ2) is 7.92. The average Bonchev–Trinajstić information content (AvgIpc) is 2.64. The maximum Gasteiger partial charge on any atom is 0.420 e. The molecule has 0 spiro atoms. The summed E-state index contributed by atoms with van der Waals surface area (Å²) in [5, 5.41) is 7.44. The van der Waals surface area contributed by atoms with Gasteiger partial charge in [0, 0.05) is 11.4 Å². The Kier molecular flexibility index (Phi) is 5.69. The minimum Gasteiger partial charge on any atom is -0.486 e. The van der Waals surface area contributed by atoms with Crippen molar-refractivity contribution in [3.63, 3.8) is 0 Å². The van der Waals surface area contributed by atoms with E-state index in [9.17, 15) is 26.3 Å². The first-order valence-electron chi connectivity index (χ1n) is 8.71. The van der Waals surface area contributed by atoms with Crippen LogP contribution in [0.25, 0.3) is 0 Å². The zero-order chi connectivity index (χ0) is 22.1. The van der Waals surface area contributed by atoms with E-state index in [2.05, 4.69) is 0 Å². The molecule has 0 fully saturated rings. The van der Waals surface area contributed by atoms with Crippen LogP contribution in [-0.2, 0) is 6.18 Å². The molecule has 0 saturated heterocycles. The number of halogens is 6. The predicted molar refractivity (Wildman–Crippen MR) is 97.9 cm³/mol. The van der Waals surface area contributed by atoms with Crippen molar-refractivity contribution in [3.05, 3.63) is 59.7 Å². The number of anilines is 1. The molecule has 10 heteroatoms. The van der Waals surface area contributed by atoms with E-state index in [4.69, 9.17) is 20.6 Å². The number of nitrogens with two attached hydrogens (primary N) is 1. The van der Waals surface area contributed by atoms with Gasteiger partial charge in [0.2, 0.25) is 0 Å². The van der Waals surface area contributed by atoms with Crippen LogP contribution in [0, 0.1) is 5.41 Å². The van der Waals surface area contributed by atoms with E-state index < -0.39 is 35.3 Å². The Balaban J connectivity index is 1.77. The molecule has 0 heterocycles. The molecule has 4 nitrogen and oxygen atoms in total. The average molecular weight is 430 g/mol.